The molecule has 2 aliphatic carbocycles. The topological polar surface area (TPSA) is 59.0 Å². The number of fused-ring (bicyclic) bond motifs is 3. The number of esters is 1. The second kappa shape index (κ2) is 7.40. The monoisotopic (exact) mass is 423 g/mol. The van der Waals surface area contributed by atoms with Crippen LogP contribution in [0.1, 0.15) is 57.2 Å². The lowest BCUT2D eigenvalue weighted by molar-refractivity contribution is -0.145. The molecular formula is C26H33NO4. The summed E-state index contributed by atoms with van der Waals surface area (Å²) in [5, 5.41) is 10.1. The van der Waals surface area contributed by atoms with E-state index in [4.69, 9.17) is 9.47 Å². The van der Waals surface area contributed by atoms with Gasteiger partial charge in [-0.1, -0.05) is 24.6 Å². The molecule has 31 heavy (non-hydrogen) atoms. The number of allylic oxidation sites excluding steroid dienone is 3. The molecule has 5 atom stereocenters. The summed E-state index contributed by atoms with van der Waals surface area (Å²) in [7, 11) is 1.58. The van der Waals surface area contributed by atoms with Crippen molar-refractivity contribution in [2.45, 2.75) is 58.6 Å². The van der Waals surface area contributed by atoms with E-state index in [0.717, 1.165) is 37.8 Å². The standard InChI is InChI=1S/C26H33NO4/c1-15-6-5-8-26(3)13-24-19(11-21(15)26)20(25(29)31-24)14-27-9-7-17-10-22(28)23(30-4)12-18(17)16(27)2/h6,10-12,16,19-20,24,28H,5,7-9,13-14H2,1-4H3. The molecule has 0 radical (unpaired) electrons. The first-order valence-electron chi connectivity index (χ1n) is 11.5. The van der Waals surface area contributed by atoms with Crippen molar-refractivity contribution in [2.75, 3.05) is 20.2 Å². The van der Waals surface area contributed by atoms with Crippen molar-refractivity contribution in [3.05, 3.63) is 46.6 Å². The average Bonchev–Trinajstić information content (AvgIpc) is 3.02. The molecule has 5 heteroatoms. The fourth-order valence-electron chi connectivity index (χ4n) is 6.39. The fourth-order valence-corrected chi connectivity index (χ4v) is 6.39. The average molecular weight is 424 g/mol. The van der Waals surface area contributed by atoms with Gasteiger partial charge in [0, 0.05) is 25.0 Å². The zero-order chi connectivity index (χ0) is 21.9. The van der Waals surface area contributed by atoms with E-state index in [9.17, 15) is 9.90 Å². The van der Waals surface area contributed by atoms with Crippen molar-refractivity contribution in [2.24, 2.45) is 17.3 Å². The van der Waals surface area contributed by atoms with E-state index < -0.39 is 0 Å². The van der Waals surface area contributed by atoms with Crippen LogP contribution in [0.2, 0.25) is 0 Å². The highest BCUT2D eigenvalue weighted by Crippen LogP contribution is 2.52. The van der Waals surface area contributed by atoms with Gasteiger partial charge in [-0.15, -0.1) is 0 Å². The van der Waals surface area contributed by atoms with Crippen LogP contribution in [0.4, 0.5) is 0 Å². The molecule has 1 saturated heterocycles. The molecule has 1 aromatic carbocycles. The van der Waals surface area contributed by atoms with Crippen molar-refractivity contribution >= 4 is 5.97 Å². The van der Waals surface area contributed by atoms with Crippen molar-refractivity contribution in [3.8, 4) is 11.5 Å². The second-order valence-corrected chi connectivity index (χ2v) is 10.1. The SMILES string of the molecule is COc1cc2c(cc1O)CCN(CC1C(=O)OC3CC4(C)CCC=C(C)C4=CC31)C2C. The molecule has 0 bridgehead atoms. The van der Waals surface area contributed by atoms with E-state index in [0.29, 0.717) is 12.3 Å². The van der Waals surface area contributed by atoms with E-state index in [1.54, 1.807) is 7.11 Å². The Morgan fingerprint density at radius 2 is 2.16 bits per heavy atom. The van der Waals surface area contributed by atoms with Crippen LogP contribution in [0, 0.1) is 17.3 Å². The molecule has 0 spiro atoms. The highest BCUT2D eigenvalue weighted by molar-refractivity contribution is 5.76. The number of aromatic hydroxyl groups is 1. The zero-order valence-electron chi connectivity index (χ0n) is 19.0. The van der Waals surface area contributed by atoms with Crippen LogP contribution in [-0.2, 0) is 16.0 Å². The Balaban J connectivity index is 1.41. The van der Waals surface area contributed by atoms with E-state index >= 15 is 0 Å². The maximum Gasteiger partial charge on any atom is 0.311 e. The Morgan fingerprint density at radius 1 is 1.35 bits per heavy atom. The van der Waals surface area contributed by atoms with Crippen molar-refractivity contribution in [1.82, 2.24) is 4.90 Å². The summed E-state index contributed by atoms with van der Waals surface area (Å²) in [5.74, 6) is 0.678. The largest absolute Gasteiger partial charge is 0.504 e. The predicted octanol–water partition coefficient (Wildman–Crippen LogP) is 4.55. The van der Waals surface area contributed by atoms with E-state index in [1.807, 2.05) is 12.1 Å². The third kappa shape index (κ3) is 3.29. The first-order chi connectivity index (χ1) is 14.8. The van der Waals surface area contributed by atoms with Gasteiger partial charge in [-0.25, -0.2) is 0 Å². The third-order valence-corrected chi connectivity index (χ3v) is 8.23. The zero-order valence-corrected chi connectivity index (χ0v) is 19.0. The molecule has 4 aliphatic rings. The number of carbonyl (C=O) groups excluding carboxylic acids is 1. The van der Waals surface area contributed by atoms with Gasteiger partial charge in [0.25, 0.3) is 0 Å². The predicted molar refractivity (Wildman–Crippen MR) is 119 cm³/mol. The fraction of sp³-hybridized carbons (Fsp3) is 0.577. The smallest absolute Gasteiger partial charge is 0.311 e. The normalized spacial score (nSPS) is 34.8. The van der Waals surface area contributed by atoms with E-state index in [1.165, 1.54) is 16.7 Å². The molecule has 5 nitrogen and oxygen atoms in total. The molecule has 0 saturated carbocycles. The van der Waals surface area contributed by atoms with Gasteiger partial charge in [-0.05, 0) is 73.8 Å². The number of methoxy groups -OCH3 is 1. The quantitative estimate of drug-likeness (QED) is 0.723. The number of rotatable bonds is 3. The summed E-state index contributed by atoms with van der Waals surface area (Å²) in [6.07, 6.45) is 8.75. The lowest BCUT2D eigenvalue weighted by Gasteiger charge is -2.43. The summed E-state index contributed by atoms with van der Waals surface area (Å²) >= 11 is 0. The minimum absolute atomic E-state index is 0.00146. The second-order valence-electron chi connectivity index (χ2n) is 10.1. The minimum Gasteiger partial charge on any atom is -0.504 e. The Kier molecular flexibility index (Phi) is 4.93. The van der Waals surface area contributed by atoms with Crippen LogP contribution < -0.4 is 4.74 Å². The molecule has 5 rings (SSSR count). The number of carbonyl (C=O) groups is 1. The van der Waals surface area contributed by atoms with Crippen molar-refractivity contribution < 1.29 is 19.4 Å². The summed E-state index contributed by atoms with van der Waals surface area (Å²) in [6.45, 7) is 8.29. The first kappa shape index (κ1) is 20.6. The van der Waals surface area contributed by atoms with Crippen molar-refractivity contribution in [1.29, 1.82) is 0 Å². The van der Waals surface area contributed by atoms with Crippen LogP contribution in [0.3, 0.4) is 0 Å². The molecule has 1 N–H and O–H groups in total. The molecular weight excluding hydrogens is 390 g/mol. The molecule has 0 amide bonds. The van der Waals surface area contributed by atoms with Crippen LogP contribution in [-0.4, -0.2) is 42.3 Å². The Bertz CT molecular complexity index is 980. The van der Waals surface area contributed by atoms with Gasteiger partial charge in [0.05, 0.1) is 13.0 Å². The minimum atomic E-state index is -0.125. The lowest BCUT2D eigenvalue weighted by atomic mass is 9.62. The van der Waals surface area contributed by atoms with Gasteiger partial charge in [-0.2, -0.15) is 0 Å². The molecule has 2 heterocycles. The summed E-state index contributed by atoms with van der Waals surface area (Å²) in [6, 6.07) is 3.93. The highest BCUT2D eigenvalue weighted by atomic mass is 16.6. The molecule has 1 aromatic rings. The van der Waals surface area contributed by atoms with Gasteiger partial charge in [-0.3, -0.25) is 9.69 Å². The maximum atomic E-state index is 13.0. The number of hydrogen-bond donors (Lipinski definition) is 1. The molecule has 1 fully saturated rings. The van der Waals surface area contributed by atoms with Crippen LogP contribution in [0.25, 0.3) is 0 Å². The van der Waals surface area contributed by atoms with Gasteiger partial charge in [0.15, 0.2) is 11.5 Å². The Labute approximate surface area is 184 Å². The molecule has 2 aliphatic heterocycles. The first-order valence-corrected chi connectivity index (χ1v) is 11.5. The van der Waals surface area contributed by atoms with E-state index in [-0.39, 0.29) is 41.1 Å². The Morgan fingerprint density at radius 3 is 2.94 bits per heavy atom. The highest BCUT2D eigenvalue weighted by Gasteiger charge is 2.51. The third-order valence-electron chi connectivity index (χ3n) is 8.23. The van der Waals surface area contributed by atoms with Crippen LogP contribution >= 0.6 is 0 Å². The molecule has 0 aromatic heterocycles. The number of phenols is 1. The lowest BCUT2D eigenvalue weighted by Crippen LogP contribution is -2.42. The number of ether oxygens (including phenoxy) is 2. The van der Waals surface area contributed by atoms with Gasteiger partial charge < -0.3 is 14.6 Å². The number of hydrogen-bond acceptors (Lipinski definition) is 5. The van der Waals surface area contributed by atoms with Gasteiger partial charge in [0.2, 0.25) is 0 Å². The Hall–Kier alpha value is -2.27. The van der Waals surface area contributed by atoms with Crippen LogP contribution in [0.15, 0.2) is 35.4 Å². The summed E-state index contributed by atoms with van der Waals surface area (Å²) in [5.41, 5.74) is 5.26. The molecule has 166 valence electrons. The van der Waals surface area contributed by atoms with Gasteiger partial charge >= 0.3 is 5.97 Å². The van der Waals surface area contributed by atoms with Crippen LogP contribution in [0.5, 0.6) is 11.5 Å². The van der Waals surface area contributed by atoms with Crippen molar-refractivity contribution in [3.63, 3.8) is 0 Å². The number of benzene rings is 1. The summed E-state index contributed by atoms with van der Waals surface area (Å²) in [4.78, 5) is 15.3. The maximum absolute atomic E-state index is 13.0. The number of phenolic OH excluding ortho intramolecular Hbond substituents is 1. The summed E-state index contributed by atoms with van der Waals surface area (Å²) < 4.78 is 11.3. The van der Waals surface area contributed by atoms with E-state index in [2.05, 4.69) is 37.8 Å². The number of nitrogens with zero attached hydrogens (tertiary/aromatic N) is 1. The van der Waals surface area contributed by atoms with Gasteiger partial charge in [0.1, 0.15) is 6.10 Å². The molecule has 5 unspecified atom stereocenters.